The Balaban J connectivity index is 1.68. The van der Waals surface area contributed by atoms with Gasteiger partial charge in [0.15, 0.2) is 22.6 Å². The summed E-state index contributed by atoms with van der Waals surface area (Å²) in [4.78, 5) is 14.4. The number of H-pyrrole nitrogens is 1. The minimum atomic E-state index is 0.630. The zero-order valence-corrected chi connectivity index (χ0v) is 19.8. The number of rotatable bonds is 8. The van der Waals surface area contributed by atoms with Gasteiger partial charge in [0.25, 0.3) is 0 Å². The molecule has 3 aromatic rings. The number of nitrogens with one attached hydrogen (secondary N) is 2. The van der Waals surface area contributed by atoms with Crippen molar-refractivity contribution in [3.05, 3.63) is 36.0 Å². The highest BCUT2D eigenvalue weighted by atomic mass is 32.2. The molecule has 164 valence electrons. The largest absolute Gasteiger partial charge is 0.490 e. The molecule has 0 amide bonds. The van der Waals surface area contributed by atoms with Gasteiger partial charge in [0.1, 0.15) is 0 Å². The van der Waals surface area contributed by atoms with E-state index in [4.69, 9.17) is 14.7 Å². The Morgan fingerprint density at radius 3 is 2.48 bits per heavy atom. The number of aromatic nitrogens is 4. The van der Waals surface area contributed by atoms with Crippen molar-refractivity contribution in [2.24, 2.45) is 0 Å². The predicted molar refractivity (Wildman–Crippen MR) is 128 cm³/mol. The minimum Gasteiger partial charge on any atom is -0.490 e. The average Bonchev–Trinajstić information content (AvgIpc) is 3.20. The lowest BCUT2D eigenvalue weighted by Crippen LogP contribution is -2.31. The van der Waals surface area contributed by atoms with Crippen molar-refractivity contribution >= 4 is 41.0 Å². The number of ether oxygens (including phenoxy) is 1. The molecular formula is C22H28N6OS2. The van der Waals surface area contributed by atoms with E-state index in [1.807, 2.05) is 24.8 Å². The number of piperidine rings is 1. The Morgan fingerprint density at radius 1 is 1.10 bits per heavy atom. The molecule has 1 aromatic carbocycles. The fourth-order valence-electron chi connectivity index (χ4n) is 3.54. The number of nitrogens with zero attached hydrogens (tertiary/aromatic N) is 4. The Labute approximate surface area is 191 Å². The third-order valence-electron chi connectivity index (χ3n) is 4.98. The summed E-state index contributed by atoms with van der Waals surface area (Å²) in [5.41, 5.74) is 0.978. The van der Waals surface area contributed by atoms with Gasteiger partial charge in [0, 0.05) is 34.6 Å². The SMILES string of the molecule is CCSc1ccc(Sc2nc(Nc3cc(C)[nH]n3)c(OC)c(N3CCCCC3)n2)cc1. The molecule has 1 aliphatic rings. The third-order valence-corrected chi connectivity index (χ3v) is 6.75. The van der Waals surface area contributed by atoms with Crippen LogP contribution in [0.4, 0.5) is 17.5 Å². The lowest BCUT2D eigenvalue weighted by atomic mass is 10.1. The zero-order chi connectivity index (χ0) is 21.6. The van der Waals surface area contributed by atoms with E-state index in [1.165, 1.54) is 11.3 Å². The van der Waals surface area contributed by atoms with E-state index in [1.54, 1.807) is 18.9 Å². The van der Waals surface area contributed by atoms with Crippen LogP contribution in [0.1, 0.15) is 31.9 Å². The first-order valence-corrected chi connectivity index (χ1v) is 12.4. The van der Waals surface area contributed by atoms with Crippen LogP contribution in [0.25, 0.3) is 0 Å². The molecule has 0 spiro atoms. The maximum Gasteiger partial charge on any atom is 0.204 e. The van der Waals surface area contributed by atoms with E-state index in [0.29, 0.717) is 22.5 Å². The quantitative estimate of drug-likeness (QED) is 0.339. The van der Waals surface area contributed by atoms with E-state index < -0.39 is 0 Å². The summed E-state index contributed by atoms with van der Waals surface area (Å²) in [6.07, 6.45) is 3.58. The van der Waals surface area contributed by atoms with Gasteiger partial charge in [-0.3, -0.25) is 5.10 Å². The molecule has 0 radical (unpaired) electrons. The Kier molecular flexibility index (Phi) is 7.24. The topological polar surface area (TPSA) is 79.0 Å². The van der Waals surface area contributed by atoms with Crippen molar-refractivity contribution < 1.29 is 4.74 Å². The number of aryl methyl sites for hydroxylation is 1. The summed E-state index contributed by atoms with van der Waals surface area (Å²) in [5, 5.41) is 11.3. The van der Waals surface area contributed by atoms with Crippen molar-refractivity contribution in [2.45, 2.75) is 48.1 Å². The molecule has 0 bridgehead atoms. The second kappa shape index (κ2) is 10.3. The molecule has 0 atom stereocenters. The van der Waals surface area contributed by atoms with E-state index in [0.717, 1.165) is 48.1 Å². The average molecular weight is 457 g/mol. The molecule has 4 rings (SSSR count). The third kappa shape index (κ3) is 5.46. The molecule has 2 N–H and O–H groups in total. The summed E-state index contributed by atoms with van der Waals surface area (Å²) in [6, 6.07) is 10.5. The van der Waals surface area contributed by atoms with Gasteiger partial charge >= 0.3 is 0 Å². The van der Waals surface area contributed by atoms with Gasteiger partial charge in [-0.05, 0) is 68.0 Å². The van der Waals surface area contributed by atoms with Crippen molar-refractivity contribution in [3.8, 4) is 5.75 Å². The molecule has 3 heterocycles. The van der Waals surface area contributed by atoms with Crippen LogP contribution in [0.5, 0.6) is 5.75 Å². The second-order valence-corrected chi connectivity index (χ2v) is 9.71. The number of hydrogen-bond donors (Lipinski definition) is 2. The summed E-state index contributed by atoms with van der Waals surface area (Å²) in [7, 11) is 1.67. The van der Waals surface area contributed by atoms with E-state index in [9.17, 15) is 0 Å². The van der Waals surface area contributed by atoms with Crippen molar-refractivity contribution in [1.82, 2.24) is 20.2 Å². The van der Waals surface area contributed by atoms with Crippen LogP contribution < -0.4 is 15.0 Å². The Morgan fingerprint density at radius 2 is 1.84 bits per heavy atom. The fraction of sp³-hybridized carbons (Fsp3) is 0.409. The van der Waals surface area contributed by atoms with Crippen LogP contribution in [0.2, 0.25) is 0 Å². The number of hydrogen-bond acceptors (Lipinski definition) is 8. The van der Waals surface area contributed by atoms with Crippen molar-refractivity contribution in [3.63, 3.8) is 0 Å². The fourth-order valence-corrected chi connectivity index (χ4v) is 4.95. The normalized spacial score (nSPS) is 14.0. The predicted octanol–water partition coefficient (Wildman–Crippen LogP) is 5.51. The molecule has 7 nitrogen and oxygen atoms in total. The Bertz CT molecular complexity index is 1000. The van der Waals surface area contributed by atoms with Gasteiger partial charge in [-0.1, -0.05) is 6.92 Å². The molecular weight excluding hydrogens is 428 g/mol. The highest BCUT2D eigenvalue weighted by Crippen LogP contribution is 2.39. The maximum absolute atomic E-state index is 5.78. The van der Waals surface area contributed by atoms with Crippen LogP contribution in [-0.4, -0.2) is 46.1 Å². The van der Waals surface area contributed by atoms with E-state index >= 15 is 0 Å². The smallest absolute Gasteiger partial charge is 0.204 e. The molecule has 1 fully saturated rings. The van der Waals surface area contributed by atoms with Crippen LogP contribution in [0, 0.1) is 6.92 Å². The van der Waals surface area contributed by atoms with Crippen LogP contribution >= 0.6 is 23.5 Å². The van der Waals surface area contributed by atoms with Gasteiger partial charge in [0.2, 0.25) is 5.75 Å². The van der Waals surface area contributed by atoms with E-state index in [-0.39, 0.29) is 0 Å². The molecule has 9 heteroatoms. The number of anilines is 3. The lowest BCUT2D eigenvalue weighted by molar-refractivity contribution is 0.409. The summed E-state index contributed by atoms with van der Waals surface area (Å²) < 4.78 is 5.78. The number of benzene rings is 1. The van der Waals surface area contributed by atoms with Crippen molar-refractivity contribution in [1.29, 1.82) is 0 Å². The van der Waals surface area contributed by atoms with Crippen LogP contribution in [-0.2, 0) is 0 Å². The molecule has 31 heavy (non-hydrogen) atoms. The second-order valence-electron chi connectivity index (χ2n) is 7.33. The number of thioether (sulfide) groups is 1. The van der Waals surface area contributed by atoms with Crippen molar-refractivity contribution in [2.75, 3.05) is 36.2 Å². The lowest BCUT2D eigenvalue weighted by Gasteiger charge is -2.29. The highest BCUT2D eigenvalue weighted by molar-refractivity contribution is 7.99. The standard InChI is InChI=1S/C22H28N6OS2/c1-4-30-16-8-10-17(11-9-16)31-22-24-20(23-18-14-15(2)26-27-18)19(29-3)21(25-22)28-12-6-5-7-13-28/h8-11,14H,4-7,12-13H2,1-3H3,(H2,23,24,25,26,27). The minimum absolute atomic E-state index is 0.630. The highest BCUT2D eigenvalue weighted by Gasteiger charge is 2.23. The maximum atomic E-state index is 5.78. The molecule has 1 aliphatic heterocycles. The molecule has 1 saturated heterocycles. The van der Waals surface area contributed by atoms with Gasteiger partial charge < -0.3 is 15.0 Å². The van der Waals surface area contributed by atoms with Crippen LogP contribution in [0.15, 0.2) is 45.3 Å². The van der Waals surface area contributed by atoms with Gasteiger partial charge in [-0.25, -0.2) is 9.97 Å². The molecule has 0 saturated carbocycles. The first kappa shape index (κ1) is 21.8. The van der Waals surface area contributed by atoms with Gasteiger partial charge in [0.05, 0.1) is 7.11 Å². The summed E-state index contributed by atoms with van der Waals surface area (Å²) >= 11 is 3.40. The molecule has 0 aliphatic carbocycles. The molecule has 2 aromatic heterocycles. The summed E-state index contributed by atoms with van der Waals surface area (Å²) in [5.74, 6) is 3.89. The number of methoxy groups -OCH3 is 1. The summed E-state index contributed by atoms with van der Waals surface area (Å²) in [6.45, 7) is 6.08. The van der Waals surface area contributed by atoms with Crippen LogP contribution in [0.3, 0.4) is 0 Å². The first-order valence-electron chi connectivity index (χ1n) is 10.6. The monoisotopic (exact) mass is 456 g/mol. The Hall–Kier alpha value is -2.39. The zero-order valence-electron chi connectivity index (χ0n) is 18.1. The van der Waals surface area contributed by atoms with E-state index in [2.05, 4.69) is 51.6 Å². The van der Waals surface area contributed by atoms with Gasteiger partial charge in [-0.15, -0.1) is 11.8 Å². The molecule has 0 unspecified atom stereocenters. The van der Waals surface area contributed by atoms with Gasteiger partial charge in [-0.2, -0.15) is 5.10 Å². The number of aromatic amines is 1. The first-order chi connectivity index (χ1) is 15.2.